The Morgan fingerprint density at radius 2 is 2.19 bits per heavy atom. The molecule has 90 valence electrons. The third-order valence-corrected chi connectivity index (χ3v) is 2.94. The van der Waals surface area contributed by atoms with Gasteiger partial charge in [-0.1, -0.05) is 26.3 Å². The molecule has 3 N–H and O–H groups in total. The second-order valence-corrected chi connectivity index (χ2v) is 3.92. The number of rotatable bonds is 5. The second kappa shape index (κ2) is 5.82. The highest BCUT2D eigenvalue weighted by atomic mass is 19.1. The average molecular weight is 226 g/mol. The molecule has 0 aliphatic heterocycles. The van der Waals surface area contributed by atoms with Gasteiger partial charge in [0, 0.05) is 11.6 Å². The predicted molar refractivity (Wildman–Crippen MR) is 62.5 cm³/mol. The summed E-state index contributed by atoms with van der Waals surface area (Å²) < 4.78 is 18.8. The van der Waals surface area contributed by atoms with Crippen LogP contribution in [0.25, 0.3) is 0 Å². The van der Waals surface area contributed by atoms with Crippen LogP contribution in [0.4, 0.5) is 4.39 Å². The zero-order chi connectivity index (χ0) is 12.1. The van der Waals surface area contributed by atoms with Gasteiger partial charge in [0.1, 0.15) is 11.6 Å². The van der Waals surface area contributed by atoms with Crippen LogP contribution in [0, 0.1) is 11.7 Å². The van der Waals surface area contributed by atoms with Gasteiger partial charge in [-0.3, -0.25) is 11.3 Å². The highest BCUT2D eigenvalue weighted by Gasteiger charge is 2.20. The summed E-state index contributed by atoms with van der Waals surface area (Å²) in [6.45, 7) is 4.09. The van der Waals surface area contributed by atoms with E-state index in [0.29, 0.717) is 11.3 Å². The summed E-state index contributed by atoms with van der Waals surface area (Å²) in [6, 6.07) is 4.66. The smallest absolute Gasteiger partial charge is 0.131 e. The summed E-state index contributed by atoms with van der Waals surface area (Å²) in [6.07, 6.45) is 0.931. The molecule has 1 aromatic rings. The van der Waals surface area contributed by atoms with Crippen LogP contribution in [0.15, 0.2) is 18.2 Å². The SMILES string of the molecule is CCC(C)C(NN)c1ccc(OC)cc1F. The van der Waals surface area contributed by atoms with E-state index < -0.39 is 0 Å². The fraction of sp³-hybridized carbons (Fsp3) is 0.500. The van der Waals surface area contributed by atoms with Crippen molar-refractivity contribution >= 4 is 0 Å². The van der Waals surface area contributed by atoms with Crippen molar-refractivity contribution in [3.05, 3.63) is 29.6 Å². The van der Waals surface area contributed by atoms with Crippen molar-refractivity contribution in [2.45, 2.75) is 26.3 Å². The van der Waals surface area contributed by atoms with Gasteiger partial charge in [-0.05, 0) is 12.0 Å². The maximum Gasteiger partial charge on any atom is 0.131 e. The van der Waals surface area contributed by atoms with E-state index >= 15 is 0 Å². The highest BCUT2D eigenvalue weighted by molar-refractivity contribution is 5.31. The highest BCUT2D eigenvalue weighted by Crippen LogP contribution is 2.27. The van der Waals surface area contributed by atoms with Gasteiger partial charge in [-0.15, -0.1) is 0 Å². The zero-order valence-electron chi connectivity index (χ0n) is 9.96. The largest absolute Gasteiger partial charge is 0.497 e. The number of hydrogen-bond acceptors (Lipinski definition) is 3. The van der Waals surface area contributed by atoms with Gasteiger partial charge in [0.2, 0.25) is 0 Å². The summed E-state index contributed by atoms with van der Waals surface area (Å²) in [5, 5.41) is 0. The lowest BCUT2D eigenvalue weighted by molar-refractivity contribution is 0.367. The molecule has 3 nitrogen and oxygen atoms in total. The summed E-state index contributed by atoms with van der Waals surface area (Å²) >= 11 is 0. The molecule has 0 aliphatic rings. The monoisotopic (exact) mass is 226 g/mol. The van der Waals surface area contributed by atoms with E-state index in [4.69, 9.17) is 10.6 Å². The molecule has 0 fully saturated rings. The van der Waals surface area contributed by atoms with E-state index in [2.05, 4.69) is 12.3 Å². The van der Waals surface area contributed by atoms with Gasteiger partial charge < -0.3 is 4.74 Å². The summed E-state index contributed by atoms with van der Waals surface area (Å²) in [4.78, 5) is 0. The summed E-state index contributed by atoms with van der Waals surface area (Å²) in [5.74, 6) is 5.97. The lowest BCUT2D eigenvalue weighted by Crippen LogP contribution is -2.33. The third-order valence-electron chi connectivity index (χ3n) is 2.94. The van der Waals surface area contributed by atoms with Crippen molar-refractivity contribution in [2.75, 3.05) is 7.11 Å². The van der Waals surface area contributed by atoms with E-state index in [1.165, 1.54) is 13.2 Å². The van der Waals surface area contributed by atoms with Crippen molar-refractivity contribution in [1.29, 1.82) is 0 Å². The Morgan fingerprint density at radius 1 is 1.50 bits per heavy atom. The number of hydrazine groups is 1. The average Bonchev–Trinajstić information content (AvgIpc) is 2.31. The maximum atomic E-state index is 13.8. The molecule has 0 heterocycles. The molecule has 16 heavy (non-hydrogen) atoms. The molecule has 2 unspecified atom stereocenters. The molecule has 2 atom stereocenters. The predicted octanol–water partition coefficient (Wildman–Crippen LogP) is 2.38. The Morgan fingerprint density at radius 3 is 2.62 bits per heavy atom. The van der Waals surface area contributed by atoms with Gasteiger partial charge in [0.05, 0.1) is 13.2 Å². The van der Waals surface area contributed by atoms with Crippen LogP contribution in [0.3, 0.4) is 0 Å². The van der Waals surface area contributed by atoms with Gasteiger partial charge in [0.25, 0.3) is 0 Å². The fourth-order valence-corrected chi connectivity index (χ4v) is 1.68. The first-order valence-corrected chi connectivity index (χ1v) is 5.43. The number of ether oxygens (including phenoxy) is 1. The summed E-state index contributed by atoms with van der Waals surface area (Å²) in [7, 11) is 1.52. The summed E-state index contributed by atoms with van der Waals surface area (Å²) in [5.41, 5.74) is 3.25. The second-order valence-electron chi connectivity index (χ2n) is 3.92. The van der Waals surface area contributed by atoms with E-state index in [1.807, 2.05) is 6.92 Å². The molecule has 0 spiro atoms. The molecular formula is C12H19FN2O. The number of halogens is 1. The van der Waals surface area contributed by atoms with Gasteiger partial charge in [0.15, 0.2) is 0 Å². The molecule has 0 aromatic heterocycles. The molecule has 0 bridgehead atoms. The molecule has 1 aromatic carbocycles. The van der Waals surface area contributed by atoms with E-state index in [-0.39, 0.29) is 17.8 Å². The van der Waals surface area contributed by atoms with Gasteiger partial charge in [-0.25, -0.2) is 4.39 Å². The Bertz CT molecular complexity index is 344. The lowest BCUT2D eigenvalue weighted by atomic mass is 9.92. The number of methoxy groups -OCH3 is 1. The first kappa shape index (κ1) is 12.9. The molecule has 0 saturated carbocycles. The Labute approximate surface area is 95.8 Å². The quantitative estimate of drug-likeness (QED) is 0.598. The fourth-order valence-electron chi connectivity index (χ4n) is 1.68. The van der Waals surface area contributed by atoms with Crippen molar-refractivity contribution in [1.82, 2.24) is 5.43 Å². The van der Waals surface area contributed by atoms with Crippen LogP contribution >= 0.6 is 0 Å². The van der Waals surface area contributed by atoms with E-state index in [0.717, 1.165) is 6.42 Å². The van der Waals surface area contributed by atoms with E-state index in [9.17, 15) is 4.39 Å². The van der Waals surface area contributed by atoms with Crippen LogP contribution < -0.4 is 16.0 Å². The lowest BCUT2D eigenvalue weighted by Gasteiger charge is -2.23. The first-order valence-electron chi connectivity index (χ1n) is 5.43. The molecular weight excluding hydrogens is 207 g/mol. The number of hydrogen-bond donors (Lipinski definition) is 2. The van der Waals surface area contributed by atoms with Crippen LogP contribution in [0.5, 0.6) is 5.75 Å². The Kier molecular flexibility index (Phi) is 4.71. The Hall–Kier alpha value is -1.13. The molecule has 1 rings (SSSR count). The molecule has 0 amide bonds. The molecule has 4 heteroatoms. The standard InChI is InChI=1S/C12H19FN2O/c1-4-8(2)12(15-14)10-6-5-9(16-3)7-11(10)13/h5-8,12,15H,4,14H2,1-3H3. The molecule has 0 saturated heterocycles. The van der Waals surface area contributed by atoms with Crippen LogP contribution in [-0.2, 0) is 0 Å². The number of benzene rings is 1. The third kappa shape index (κ3) is 2.71. The number of nitrogens with one attached hydrogen (secondary N) is 1. The van der Waals surface area contributed by atoms with E-state index in [1.54, 1.807) is 12.1 Å². The maximum absolute atomic E-state index is 13.8. The van der Waals surface area contributed by atoms with Crippen molar-refractivity contribution in [3.8, 4) is 5.75 Å². The van der Waals surface area contributed by atoms with Crippen LogP contribution in [0.2, 0.25) is 0 Å². The normalized spacial score (nSPS) is 14.6. The minimum absolute atomic E-state index is 0.170. The van der Waals surface area contributed by atoms with Crippen LogP contribution in [0.1, 0.15) is 31.9 Å². The minimum atomic E-state index is -0.289. The minimum Gasteiger partial charge on any atom is -0.497 e. The number of nitrogens with two attached hydrogens (primary N) is 1. The topological polar surface area (TPSA) is 47.3 Å². The Balaban J connectivity index is 3.01. The van der Waals surface area contributed by atoms with Crippen LogP contribution in [-0.4, -0.2) is 7.11 Å². The molecule has 0 radical (unpaired) electrons. The van der Waals surface area contributed by atoms with Crippen molar-refractivity contribution in [2.24, 2.45) is 11.8 Å². The van der Waals surface area contributed by atoms with Gasteiger partial charge in [-0.2, -0.15) is 0 Å². The zero-order valence-corrected chi connectivity index (χ0v) is 9.96. The first-order chi connectivity index (χ1) is 7.63. The van der Waals surface area contributed by atoms with Gasteiger partial charge >= 0.3 is 0 Å². The molecule has 0 aliphatic carbocycles. The van der Waals surface area contributed by atoms with Crippen molar-refractivity contribution in [3.63, 3.8) is 0 Å². The van der Waals surface area contributed by atoms with Crippen molar-refractivity contribution < 1.29 is 9.13 Å².